The number of urea groups is 1. The number of benzene rings is 1. The second-order valence-corrected chi connectivity index (χ2v) is 10.7. The zero-order valence-electron chi connectivity index (χ0n) is 19.0. The second kappa shape index (κ2) is 10.9. The van der Waals surface area contributed by atoms with Crippen molar-refractivity contribution in [3.8, 4) is 0 Å². The number of hydrogen-bond donors (Lipinski definition) is 4. The molecule has 2 aliphatic heterocycles. The van der Waals surface area contributed by atoms with Gasteiger partial charge in [0.05, 0.1) is 16.7 Å². The van der Waals surface area contributed by atoms with Crippen LogP contribution < -0.4 is 16.0 Å². The maximum absolute atomic E-state index is 14.2. The monoisotopic (exact) mass is 515 g/mol. The number of nitrogens with zero attached hydrogens (tertiary/aromatic N) is 4. The van der Waals surface area contributed by atoms with Gasteiger partial charge in [0, 0.05) is 67.1 Å². The highest BCUT2D eigenvalue weighted by Gasteiger charge is 2.21. The molecule has 4 N–H and O–H groups in total. The number of thioether (sulfide) groups is 1. The zero-order chi connectivity index (χ0) is 24.2. The van der Waals surface area contributed by atoms with Gasteiger partial charge in [-0.25, -0.2) is 24.1 Å². The summed E-state index contributed by atoms with van der Waals surface area (Å²) >= 11 is 3.18. The van der Waals surface area contributed by atoms with Crippen LogP contribution in [0.4, 0.5) is 25.8 Å². The number of fused-ring (bicyclic) bond motifs is 1. The first-order valence-corrected chi connectivity index (χ1v) is 13.3. The lowest BCUT2D eigenvalue weighted by atomic mass is 10.1. The molecule has 2 aromatic heterocycles. The minimum Gasteiger partial charge on any atom is -0.392 e. The van der Waals surface area contributed by atoms with Gasteiger partial charge in [0.25, 0.3) is 0 Å². The number of β-amino-alcohol motifs (C(OH)–C–C–N with tert-alkyl or cyclic N) is 1. The molecule has 0 aliphatic carbocycles. The highest BCUT2D eigenvalue weighted by atomic mass is 32.2. The van der Waals surface area contributed by atoms with Crippen LogP contribution in [0.15, 0.2) is 35.6 Å². The molecule has 9 nitrogen and oxygen atoms in total. The van der Waals surface area contributed by atoms with Crippen LogP contribution in [0.1, 0.15) is 22.6 Å². The second-order valence-electron chi connectivity index (χ2n) is 8.47. The fraction of sp³-hybridized carbons (Fsp3) is 0.391. The molecular formula is C23H26FN7O2S2. The average molecular weight is 516 g/mol. The van der Waals surface area contributed by atoms with Gasteiger partial charge >= 0.3 is 6.03 Å². The molecule has 0 saturated carbocycles. The lowest BCUT2D eigenvalue weighted by molar-refractivity contribution is 0.174. The van der Waals surface area contributed by atoms with E-state index in [0.717, 1.165) is 46.4 Å². The number of rotatable bonds is 8. The number of carbonyl (C=O) groups excluding carboxylic acids is 1. The number of carbonyl (C=O) groups is 1. The average Bonchev–Trinajstić information content (AvgIpc) is 3.58. The molecule has 2 amide bonds. The van der Waals surface area contributed by atoms with Gasteiger partial charge < -0.3 is 15.7 Å². The molecule has 0 bridgehead atoms. The van der Waals surface area contributed by atoms with Gasteiger partial charge in [0.2, 0.25) is 0 Å². The van der Waals surface area contributed by atoms with Crippen LogP contribution >= 0.6 is 23.1 Å². The number of amides is 2. The van der Waals surface area contributed by atoms with E-state index in [1.165, 1.54) is 23.5 Å². The Morgan fingerprint density at radius 2 is 2.17 bits per heavy atom. The number of nitrogens with one attached hydrogen (secondary N) is 3. The molecule has 2 aliphatic rings. The largest absolute Gasteiger partial charge is 0.392 e. The van der Waals surface area contributed by atoms with Crippen LogP contribution in [-0.2, 0) is 19.4 Å². The summed E-state index contributed by atoms with van der Waals surface area (Å²) in [6.45, 7) is 2.34. The Kier molecular flexibility index (Phi) is 7.42. The van der Waals surface area contributed by atoms with E-state index in [-0.39, 0.29) is 11.9 Å². The van der Waals surface area contributed by atoms with Crippen molar-refractivity contribution < 1.29 is 14.3 Å². The Labute approximate surface area is 210 Å². The Morgan fingerprint density at radius 1 is 1.26 bits per heavy atom. The molecule has 0 radical (unpaired) electrons. The van der Waals surface area contributed by atoms with Crippen molar-refractivity contribution >= 4 is 45.8 Å². The molecule has 0 spiro atoms. The number of aromatic nitrogens is 3. The molecule has 184 valence electrons. The number of aryl methyl sites for hydroxylation is 1. The maximum Gasteiger partial charge on any atom is 0.325 e. The quantitative estimate of drug-likeness (QED) is 0.360. The standard InChI is InChI=1S/C23H26FN7O2S2/c24-18-2-1-15(9-14(18)11-31-7-4-16(32)12-31)29-22(33)30-23-26-10-17(35-23)3-6-25-21-20-19(5-8-34-20)27-13-28-21/h1-2,9-10,13,16,32H,3-8,11-12H2,(H,25,27,28)(H2,26,29,30,33)/t16-/m0/s1. The number of thiazole rings is 1. The Balaban J connectivity index is 1.11. The summed E-state index contributed by atoms with van der Waals surface area (Å²) in [5.41, 5.74) is 2.08. The third-order valence-corrected chi connectivity index (χ3v) is 7.94. The molecule has 4 heterocycles. The summed E-state index contributed by atoms with van der Waals surface area (Å²) in [5.74, 6) is 1.58. The minimum absolute atomic E-state index is 0.332. The van der Waals surface area contributed by atoms with E-state index in [1.807, 2.05) is 4.90 Å². The summed E-state index contributed by atoms with van der Waals surface area (Å²) in [6.07, 6.45) is 5.40. The predicted octanol–water partition coefficient (Wildman–Crippen LogP) is 3.59. The molecular weight excluding hydrogens is 489 g/mol. The van der Waals surface area contributed by atoms with E-state index in [0.29, 0.717) is 42.4 Å². The Hall–Kier alpha value is -2.80. The van der Waals surface area contributed by atoms with Gasteiger partial charge in [-0.05, 0) is 24.6 Å². The summed E-state index contributed by atoms with van der Waals surface area (Å²) < 4.78 is 14.2. The van der Waals surface area contributed by atoms with Gasteiger partial charge in [-0.15, -0.1) is 23.1 Å². The Bertz CT molecular complexity index is 1210. The smallest absolute Gasteiger partial charge is 0.325 e. The predicted molar refractivity (Wildman–Crippen MR) is 136 cm³/mol. The molecule has 0 unspecified atom stereocenters. The summed E-state index contributed by atoms with van der Waals surface area (Å²) in [6, 6.07) is 4.06. The summed E-state index contributed by atoms with van der Waals surface area (Å²) in [4.78, 5) is 29.6. The lowest BCUT2D eigenvalue weighted by Gasteiger charge is -2.16. The first-order chi connectivity index (χ1) is 17.0. The number of anilines is 3. The van der Waals surface area contributed by atoms with Crippen molar-refractivity contribution in [1.82, 2.24) is 19.9 Å². The molecule has 5 rings (SSSR count). The Morgan fingerprint density at radius 3 is 3.03 bits per heavy atom. The SMILES string of the molecule is O=C(Nc1ccc(F)c(CN2CC[C@H](O)C2)c1)Nc1ncc(CCNc2ncnc3c2SCC3)s1. The van der Waals surface area contributed by atoms with Crippen molar-refractivity contribution in [2.24, 2.45) is 0 Å². The zero-order valence-corrected chi connectivity index (χ0v) is 20.6. The number of likely N-dealkylation sites (tertiary alicyclic amines) is 1. The molecule has 1 aromatic carbocycles. The fourth-order valence-electron chi connectivity index (χ4n) is 4.13. The van der Waals surface area contributed by atoms with Crippen LogP contribution in [0, 0.1) is 5.82 Å². The first-order valence-electron chi connectivity index (χ1n) is 11.5. The van der Waals surface area contributed by atoms with E-state index < -0.39 is 6.03 Å². The van der Waals surface area contributed by atoms with Crippen LogP contribution in [0.3, 0.4) is 0 Å². The molecule has 12 heteroatoms. The van der Waals surface area contributed by atoms with Gasteiger partial charge in [-0.1, -0.05) is 0 Å². The van der Waals surface area contributed by atoms with Crippen LogP contribution in [0.25, 0.3) is 0 Å². The van der Waals surface area contributed by atoms with E-state index >= 15 is 0 Å². The van der Waals surface area contributed by atoms with E-state index in [9.17, 15) is 14.3 Å². The molecule has 3 aromatic rings. The van der Waals surface area contributed by atoms with Gasteiger partial charge in [-0.3, -0.25) is 10.2 Å². The summed E-state index contributed by atoms with van der Waals surface area (Å²) in [5, 5.41) is 19.0. The molecule has 35 heavy (non-hydrogen) atoms. The lowest BCUT2D eigenvalue weighted by Crippen LogP contribution is -2.23. The van der Waals surface area contributed by atoms with E-state index in [1.54, 1.807) is 30.4 Å². The third-order valence-electron chi connectivity index (χ3n) is 5.85. The maximum atomic E-state index is 14.2. The van der Waals surface area contributed by atoms with Crippen molar-refractivity contribution in [2.45, 2.75) is 36.8 Å². The summed E-state index contributed by atoms with van der Waals surface area (Å²) in [7, 11) is 0. The van der Waals surface area contributed by atoms with Gasteiger partial charge in [0.1, 0.15) is 18.0 Å². The van der Waals surface area contributed by atoms with E-state index in [4.69, 9.17) is 0 Å². The van der Waals surface area contributed by atoms with Gasteiger partial charge in [0.15, 0.2) is 5.13 Å². The minimum atomic E-state index is -0.438. The number of hydrogen-bond acceptors (Lipinski definition) is 9. The van der Waals surface area contributed by atoms with Crippen molar-refractivity contribution in [1.29, 1.82) is 0 Å². The molecule has 1 fully saturated rings. The van der Waals surface area contributed by atoms with Crippen molar-refractivity contribution in [2.75, 3.05) is 41.3 Å². The van der Waals surface area contributed by atoms with Crippen LogP contribution in [0.5, 0.6) is 0 Å². The van der Waals surface area contributed by atoms with Crippen LogP contribution in [0.2, 0.25) is 0 Å². The highest BCUT2D eigenvalue weighted by Crippen LogP contribution is 2.34. The van der Waals surface area contributed by atoms with Crippen molar-refractivity contribution in [3.63, 3.8) is 0 Å². The first kappa shape index (κ1) is 23.9. The van der Waals surface area contributed by atoms with Crippen molar-refractivity contribution in [3.05, 3.63) is 52.7 Å². The molecule has 1 saturated heterocycles. The number of aliphatic hydroxyl groups is 1. The number of halogens is 1. The number of aliphatic hydroxyl groups excluding tert-OH is 1. The normalized spacial score (nSPS) is 17.4. The third kappa shape index (κ3) is 6.07. The topological polar surface area (TPSA) is 115 Å². The fourth-order valence-corrected chi connectivity index (χ4v) is 6.02. The van der Waals surface area contributed by atoms with E-state index in [2.05, 4.69) is 30.9 Å². The molecule has 1 atom stereocenters. The van der Waals surface area contributed by atoms with Crippen LogP contribution in [-0.4, -0.2) is 62.5 Å². The van der Waals surface area contributed by atoms with Gasteiger partial charge in [-0.2, -0.15) is 0 Å². The highest BCUT2D eigenvalue weighted by molar-refractivity contribution is 7.99.